The SMILES string of the molecule is O=C(NCCCN1CCNCC1)C1Cc2ccccc2C1. The summed E-state index contributed by atoms with van der Waals surface area (Å²) in [5, 5.41) is 6.48. The van der Waals surface area contributed by atoms with Crippen LogP contribution in [0.2, 0.25) is 0 Å². The van der Waals surface area contributed by atoms with Crippen LogP contribution in [0.3, 0.4) is 0 Å². The second-order valence-electron chi connectivity index (χ2n) is 6.11. The van der Waals surface area contributed by atoms with Crippen molar-refractivity contribution in [2.75, 3.05) is 39.3 Å². The molecule has 1 aliphatic carbocycles. The molecule has 1 amide bonds. The van der Waals surface area contributed by atoms with Gasteiger partial charge in [-0.05, 0) is 36.9 Å². The number of amides is 1. The Morgan fingerprint density at radius 2 is 1.86 bits per heavy atom. The third kappa shape index (κ3) is 3.83. The molecule has 0 atom stereocenters. The van der Waals surface area contributed by atoms with Crippen LogP contribution in [0.25, 0.3) is 0 Å². The van der Waals surface area contributed by atoms with Gasteiger partial charge in [-0.15, -0.1) is 0 Å². The second-order valence-corrected chi connectivity index (χ2v) is 6.11. The summed E-state index contributed by atoms with van der Waals surface area (Å²) in [7, 11) is 0. The average Bonchev–Trinajstić information content (AvgIpc) is 2.96. The zero-order valence-electron chi connectivity index (χ0n) is 12.6. The molecule has 2 aliphatic rings. The van der Waals surface area contributed by atoms with Gasteiger partial charge >= 0.3 is 0 Å². The molecule has 1 fully saturated rings. The van der Waals surface area contributed by atoms with Crippen LogP contribution in [0.1, 0.15) is 17.5 Å². The maximum absolute atomic E-state index is 12.2. The lowest BCUT2D eigenvalue weighted by Crippen LogP contribution is -2.44. The molecule has 0 saturated carbocycles. The first-order valence-corrected chi connectivity index (χ1v) is 8.10. The Labute approximate surface area is 126 Å². The van der Waals surface area contributed by atoms with Crippen molar-refractivity contribution in [1.82, 2.24) is 15.5 Å². The number of hydrogen-bond acceptors (Lipinski definition) is 3. The van der Waals surface area contributed by atoms with E-state index in [0.717, 1.165) is 58.5 Å². The average molecular weight is 287 g/mol. The summed E-state index contributed by atoms with van der Waals surface area (Å²) in [5.41, 5.74) is 2.69. The van der Waals surface area contributed by atoms with E-state index >= 15 is 0 Å². The van der Waals surface area contributed by atoms with Crippen molar-refractivity contribution in [3.05, 3.63) is 35.4 Å². The minimum absolute atomic E-state index is 0.140. The summed E-state index contributed by atoms with van der Waals surface area (Å²) in [6.45, 7) is 6.33. The molecule has 0 unspecified atom stereocenters. The van der Waals surface area contributed by atoms with Gasteiger partial charge < -0.3 is 15.5 Å². The Balaban J connectivity index is 1.36. The number of nitrogens with one attached hydrogen (secondary N) is 2. The van der Waals surface area contributed by atoms with Gasteiger partial charge in [-0.1, -0.05) is 24.3 Å². The molecule has 1 aliphatic heterocycles. The zero-order valence-corrected chi connectivity index (χ0v) is 12.6. The van der Waals surface area contributed by atoms with Gasteiger partial charge in [-0.3, -0.25) is 4.79 Å². The fraction of sp³-hybridized carbons (Fsp3) is 0.588. The van der Waals surface area contributed by atoms with E-state index in [1.165, 1.54) is 11.1 Å². The fourth-order valence-corrected chi connectivity index (χ4v) is 3.34. The summed E-state index contributed by atoms with van der Waals surface area (Å²) in [6.07, 6.45) is 2.85. The third-order valence-corrected chi connectivity index (χ3v) is 4.58. The number of piperazine rings is 1. The monoisotopic (exact) mass is 287 g/mol. The van der Waals surface area contributed by atoms with Crippen LogP contribution in [-0.4, -0.2) is 50.1 Å². The molecule has 1 heterocycles. The van der Waals surface area contributed by atoms with Crippen LogP contribution in [-0.2, 0) is 17.6 Å². The number of rotatable bonds is 5. The van der Waals surface area contributed by atoms with Crippen molar-refractivity contribution in [2.45, 2.75) is 19.3 Å². The number of hydrogen-bond donors (Lipinski definition) is 2. The van der Waals surface area contributed by atoms with Gasteiger partial charge in [0.25, 0.3) is 0 Å². The first-order chi connectivity index (χ1) is 10.3. The smallest absolute Gasteiger partial charge is 0.223 e. The fourth-order valence-electron chi connectivity index (χ4n) is 3.34. The lowest BCUT2D eigenvalue weighted by atomic mass is 10.1. The normalized spacial score (nSPS) is 19.4. The maximum Gasteiger partial charge on any atom is 0.223 e. The second kappa shape index (κ2) is 7.05. The Bertz CT molecular complexity index is 458. The highest BCUT2D eigenvalue weighted by Crippen LogP contribution is 2.26. The van der Waals surface area contributed by atoms with E-state index in [1.807, 2.05) is 0 Å². The van der Waals surface area contributed by atoms with Gasteiger partial charge in [0.1, 0.15) is 0 Å². The van der Waals surface area contributed by atoms with Gasteiger partial charge in [0.15, 0.2) is 0 Å². The Hall–Kier alpha value is -1.39. The summed E-state index contributed by atoms with van der Waals surface area (Å²) >= 11 is 0. The van der Waals surface area contributed by atoms with Crippen LogP contribution in [0.5, 0.6) is 0 Å². The van der Waals surface area contributed by atoms with Crippen LogP contribution < -0.4 is 10.6 Å². The predicted molar refractivity (Wildman–Crippen MR) is 84.3 cm³/mol. The van der Waals surface area contributed by atoms with E-state index in [0.29, 0.717) is 0 Å². The van der Waals surface area contributed by atoms with Gasteiger partial charge in [0.05, 0.1) is 0 Å². The number of carbonyl (C=O) groups is 1. The highest BCUT2D eigenvalue weighted by molar-refractivity contribution is 5.80. The molecule has 4 heteroatoms. The molecule has 1 saturated heterocycles. The highest BCUT2D eigenvalue weighted by atomic mass is 16.1. The molecule has 0 spiro atoms. The van der Waals surface area contributed by atoms with Gasteiger partial charge in [0, 0.05) is 38.6 Å². The molecular weight excluding hydrogens is 262 g/mol. The van der Waals surface area contributed by atoms with Crippen molar-refractivity contribution in [2.24, 2.45) is 5.92 Å². The van der Waals surface area contributed by atoms with Gasteiger partial charge in [-0.25, -0.2) is 0 Å². The largest absolute Gasteiger partial charge is 0.356 e. The lowest BCUT2D eigenvalue weighted by molar-refractivity contribution is -0.124. The van der Waals surface area contributed by atoms with E-state index in [4.69, 9.17) is 0 Å². The molecule has 3 rings (SSSR count). The molecule has 0 bridgehead atoms. The summed E-state index contributed by atoms with van der Waals surface area (Å²) in [4.78, 5) is 14.7. The molecule has 1 aromatic rings. The van der Waals surface area contributed by atoms with E-state index < -0.39 is 0 Å². The minimum atomic E-state index is 0.140. The summed E-state index contributed by atoms with van der Waals surface area (Å²) < 4.78 is 0. The predicted octanol–water partition coefficient (Wildman–Crippen LogP) is 0.813. The number of fused-ring (bicyclic) bond motifs is 1. The summed E-state index contributed by atoms with van der Waals surface area (Å²) in [6, 6.07) is 8.42. The molecule has 2 N–H and O–H groups in total. The molecule has 114 valence electrons. The summed E-state index contributed by atoms with van der Waals surface area (Å²) in [5.74, 6) is 0.369. The lowest BCUT2D eigenvalue weighted by Gasteiger charge is -2.27. The standard InChI is InChI=1S/C17H25N3O/c21-17(16-12-14-4-1-2-5-15(14)13-16)19-6-3-9-20-10-7-18-8-11-20/h1-2,4-5,16,18H,3,6-13H2,(H,19,21). The topological polar surface area (TPSA) is 44.4 Å². The van der Waals surface area contributed by atoms with Crippen molar-refractivity contribution in [3.63, 3.8) is 0 Å². The van der Waals surface area contributed by atoms with Crippen molar-refractivity contribution in [1.29, 1.82) is 0 Å². The van der Waals surface area contributed by atoms with Crippen molar-refractivity contribution < 1.29 is 4.79 Å². The first kappa shape index (κ1) is 14.5. The Morgan fingerprint density at radius 1 is 1.19 bits per heavy atom. The quantitative estimate of drug-likeness (QED) is 0.788. The zero-order chi connectivity index (χ0) is 14.5. The molecule has 4 nitrogen and oxygen atoms in total. The van der Waals surface area contributed by atoms with Crippen LogP contribution in [0.15, 0.2) is 24.3 Å². The van der Waals surface area contributed by atoms with Gasteiger partial charge in [0.2, 0.25) is 5.91 Å². The van der Waals surface area contributed by atoms with Crippen molar-refractivity contribution in [3.8, 4) is 0 Å². The van der Waals surface area contributed by atoms with Crippen LogP contribution in [0.4, 0.5) is 0 Å². The number of carbonyl (C=O) groups excluding carboxylic acids is 1. The number of benzene rings is 1. The third-order valence-electron chi connectivity index (χ3n) is 4.58. The highest BCUT2D eigenvalue weighted by Gasteiger charge is 2.26. The van der Waals surface area contributed by atoms with E-state index in [-0.39, 0.29) is 11.8 Å². The van der Waals surface area contributed by atoms with E-state index in [1.54, 1.807) is 0 Å². The van der Waals surface area contributed by atoms with Crippen molar-refractivity contribution >= 4 is 5.91 Å². The molecule has 21 heavy (non-hydrogen) atoms. The van der Waals surface area contributed by atoms with Crippen LogP contribution in [0, 0.1) is 5.92 Å². The van der Waals surface area contributed by atoms with E-state index in [9.17, 15) is 4.79 Å². The Kier molecular flexibility index (Phi) is 4.88. The van der Waals surface area contributed by atoms with Gasteiger partial charge in [-0.2, -0.15) is 0 Å². The molecular formula is C17H25N3O. The first-order valence-electron chi connectivity index (χ1n) is 8.10. The minimum Gasteiger partial charge on any atom is -0.356 e. The van der Waals surface area contributed by atoms with Crippen LogP contribution >= 0.6 is 0 Å². The molecule has 0 aromatic heterocycles. The maximum atomic E-state index is 12.2. The Morgan fingerprint density at radius 3 is 2.52 bits per heavy atom. The molecule has 1 aromatic carbocycles. The number of nitrogens with zero attached hydrogens (tertiary/aromatic N) is 1. The van der Waals surface area contributed by atoms with E-state index in [2.05, 4.69) is 39.8 Å². The molecule has 0 radical (unpaired) electrons.